The molecule has 0 amide bonds. The molecule has 0 spiro atoms. The molecule has 0 aromatic heterocycles. The van der Waals surface area contributed by atoms with E-state index in [2.05, 4.69) is 4.99 Å². The van der Waals surface area contributed by atoms with Gasteiger partial charge in [-0.1, -0.05) is 6.07 Å². The van der Waals surface area contributed by atoms with Crippen LogP contribution >= 0.6 is 0 Å². The van der Waals surface area contributed by atoms with Crippen LogP contribution in [0.25, 0.3) is 5.57 Å². The molecule has 1 nitrogen and oxygen atoms in total. The Kier molecular flexibility index (Phi) is 0.938. The minimum Gasteiger partial charge on any atom is -0.174 e. The molecule has 0 N–H and O–H groups in total. The number of para-hydroxylation sites is 1. The van der Waals surface area contributed by atoms with Crippen LogP contribution in [0.15, 0.2) is 29.3 Å². The number of nitrogens with zero attached hydrogens (tertiary/aromatic N) is 1. The zero-order valence-corrected chi connectivity index (χ0v) is 5.41. The lowest BCUT2D eigenvalue weighted by atomic mass is 10.1. The van der Waals surface area contributed by atoms with Crippen molar-refractivity contribution in [1.82, 2.24) is 0 Å². The molecule has 0 saturated heterocycles. The highest BCUT2D eigenvalue weighted by molar-refractivity contribution is 6.14. The van der Waals surface area contributed by atoms with Gasteiger partial charge in [0, 0.05) is 12.6 Å². The Hall–Kier alpha value is -1.46. The summed E-state index contributed by atoms with van der Waals surface area (Å²) >= 11 is 0. The van der Waals surface area contributed by atoms with Crippen molar-refractivity contribution in [3.63, 3.8) is 0 Å². The Morgan fingerprint density at radius 2 is 2.00 bits per heavy atom. The molecule has 0 unspecified atom stereocenters. The van der Waals surface area contributed by atoms with Gasteiger partial charge in [0.2, 0.25) is 5.57 Å². The zero-order chi connectivity index (χ0) is 6.97. The van der Waals surface area contributed by atoms with E-state index in [0.29, 0.717) is 0 Å². The van der Waals surface area contributed by atoms with E-state index in [9.17, 15) is 0 Å². The second-order valence-corrected chi connectivity index (χ2v) is 2.23. The third-order valence-corrected chi connectivity index (χ3v) is 1.56. The van der Waals surface area contributed by atoms with Crippen LogP contribution in [-0.4, -0.2) is 6.21 Å². The molecule has 0 fully saturated rings. The summed E-state index contributed by atoms with van der Waals surface area (Å²) < 4.78 is 0. The molecule has 1 aromatic carbocycles. The van der Waals surface area contributed by atoms with E-state index in [1.165, 1.54) is 0 Å². The average molecular weight is 128 g/mol. The monoisotopic (exact) mass is 128 g/mol. The first-order chi connectivity index (χ1) is 4.88. The van der Waals surface area contributed by atoms with E-state index in [1.807, 2.05) is 24.3 Å². The van der Waals surface area contributed by atoms with E-state index in [4.69, 9.17) is 6.58 Å². The lowest BCUT2D eigenvalue weighted by Crippen LogP contribution is -1.73. The molecule has 10 heavy (non-hydrogen) atoms. The number of rotatable bonds is 0. The summed E-state index contributed by atoms with van der Waals surface area (Å²) in [7, 11) is 0. The summed E-state index contributed by atoms with van der Waals surface area (Å²) in [5.74, 6) is 0. The minimum atomic E-state index is 0.760. The number of hydrogen-bond acceptors (Lipinski definition) is 1. The molecule has 46 valence electrons. The van der Waals surface area contributed by atoms with E-state index in [-0.39, 0.29) is 0 Å². The van der Waals surface area contributed by atoms with Gasteiger partial charge in [-0.3, -0.25) is 0 Å². The zero-order valence-electron chi connectivity index (χ0n) is 5.41. The SMILES string of the molecule is [CH+]=C1C=Nc2ccccc21. The predicted molar refractivity (Wildman–Crippen MR) is 42.3 cm³/mol. The van der Waals surface area contributed by atoms with Crippen molar-refractivity contribution >= 4 is 17.5 Å². The fraction of sp³-hybridized carbons (Fsp3) is 0. The van der Waals surface area contributed by atoms with Crippen LogP contribution in [-0.2, 0) is 0 Å². The predicted octanol–water partition coefficient (Wildman–Crippen LogP) is 2.22. The van der Waals surface area contributed by atoms with E-state index >= 15 is 0 Å². The van der Waals surface area contributed by atoms with Crippen LogP contribution in [0, 0.1) is 6.58 Å². The van der Waals surface area contributed by atoms with Gasteiger partial charge in [-0.2, -0.15) is 4.99 Å². The van der Waals surface area contributed by atoms with Gasteiger partial charge in [0.05, 0.1) is 0 Å². The van der Waals surface area contributed by atoms with Gasteiger partial charge in [0.1, 0.15) is 17.5 Å². The Morgan fingerprint density at radius 3 is 2.80 bits per heavy atom. The molecule has 1 aliphatic heterocycles. The van der Waals surface area contributed by atoms with E-state index in [1.54, 1.807) is 6.21 Å². The molecule has 0 aliphatic carbocycles. The quantitative estimate of drug-likeness (QED) is 0.475. The Balaban J connectivity index is 2.70. The van der Waals surface area contributed by atoms with Crippen LogP contribution in [0.5, 0.6) is 0 Å². The fourth-order valence-corrected chi connectivity index (χ4v) is 1.04. The lowest BCUT2D eigenvalue weighted by Gasteiger charge is -1.85. The van der Waals surface area contributed by atoms with Crippen LogP contribution < -0.4 is 0 Å². The smallest absolute Gasteiger partial charge is 0.174 e. The molecule has 0 bridgehead atoms. The normalized spacial score (nSPS) is 13.7. The number of aliphatic imine (C=N–C) groups is 1. The highest BCUT2D eigenvalue weighted by Crippen LogP contribution is 2.28. The van der Waals surface area contributed by atoms with Crippen LogP contribution in [0.1, 0.15) is 5.56 Å². The van der Waals surface area contributed by atoms with Crippen molar-refractivity contribution in [3.8, 4) is 0 Å². The van der Waals surface area contributed by atoms with E-state index < -0.39 is 0 Å². The van der Waals surface area contributed by atoms with Crippen molar-refractivity contribution in [2.24, 2.45) is 4.99 Å². The summed E-state index contributed by atoms with van der Waals surface area (Å²) in [6.07, 6.45) is 1.69. The van der Waals surface area contributed by atoms with Crippen molar-refractivity contribution in [2.75, 3.05) is 0 Å². The first-order valence-electron chi connectivity index (χ1n) is 3.14. The maximum atomic E-state index is 5.61. The number of hydrogen-bond donors (Lipinski definition) is 0. The van der Waals surface area contributed by atoms with Crippen molar-refractivity contribution in [2.45, 2.75) is 0 Å². The Morgan fingerprint density at radius 1 is 1.20 bits per heavy atom. The second-order valence-electron chi connectivity index (χ2n) is 2.23. The minimum absolute atomic E-state index is 0.760. The van der Waals surface area contributed by atoms with Crippen LogP contribution in [0.3, 0.4) is 0 Å². The summed E-state index contributed by atoms with van der Waals surface area (Å²) in [6, 6.07) is 7.83. The largest absolute Gasteiger partial charge is 0.209 e. The van der Waals surface area contributed by atoms with Crippen molar-refractivity contribution in [1.29, 1.82) is 0 Å². The summed E-state index contributed by atoms with van der Waals surface area (Å²) in [4.78, 5) is 4.09. The highest BCUT2D eigenvalue weighted by atomic mass is 14.7. The van der Waals surface area contributed by atoms with Gasteiger partial charge < -0.3 is 0 Å². The topological polar surface area (TPSA) is 12.4 Å². The summed E-state index contributed by atoms with van der Waals surface area (Å²) in [5, 5.41) is 0. The molecule has 0 atom stereocenters. The molecule has 0 radical (unpaired) electrons. The van der Waals surface area contributed by atoms with Gasteiger partial charge in [-0.25, -0.2) is 0 Å². The van der Waals surface area contributed by atoms with Gasteiger partial charge in [0.15, 0.2) is 0 Å². The van der Waals surface area contributed by atoms with Crippen molar-refractivity contribution < 1.29 is 0 Å². The maximum absolute atomic E-state index is 5.61. The second kappa shape index (κ2) is 1.76. The molecular weight excluding hydrogens is 122 g/mol. The number of fused-ring (bicyclic) bond motifs is 1. The van der Waals surface area contributed by atoms with Crippen LogP contribution in [0.2, 0.25) is 0 Å². The molecule has 2 rings (SSSR count). The van der Waals surface area contributed by atoms with Gasteiger partial charge in [-0.15, -0.1) is 0 Å². The average Bonchev–Trinajstić information content (AvgIpc) is 2.34. The Labute approximate surface area is 59.7 Å². The molecule has 1 heteroatoms. The highest BCUT2D eigenvalue weighted by Gasteiger charge is 2.18. The summed E-state index contributed by atoms with van der Waals surface area (Å²) in [5.41, 5.74) is 2.78. The van der Waals surface area contributed by atoms with Gasteiger partial charge in [0.25, 0.3) is 0 Å². The Bertz CT molecular complexity index is 310. The van der Waals surface area contributed by atoms with E-state index in [0.717, 1.165) is 16.8 Å². The fourth-order valence-electron chi connectivity index (χ4n) is 1.04. The molecule has 1 aliphatic rings. The van der Waals surface area contributed by atoms with Crippen molar-refractivity contribution in [3.05, 3.63) is 36.4 Å². The lowest BCUT2D eigenvalue weighted by molar-refractivity contribution is 1.55. The third kappa shape index (κ3) is 0.584. The first kappa shape index (κ1) is 5.33. The standard InChI is InChI=1S/C9H6N/c1-7-6-10-9-5-3-2-4-8(7)9/h1-6H/q+1. The third-order valence-electron chi connectivity index (χ3n) is 1.56. The molecule has 1 heterocycles. The van der Waals surface area contributed by atoms with Gasteiger partial charge in [-0.05, 0) is 12.1 Å². The van der Waals surface area contributed by atoms with Gasteiger partial charge >= 0.3 is 0 Å². The maximum Gasteiger partial charge on any atom is 0.209 e. The summed E-state index contributed by atoms with van der Waals surface area (Å²) in [6.45, 7) is 5.61. The molecular formula is C9H6N+. The van der Waals surface area contributed by atoms with Crippen LogP contribution in [0.4, 0.5) is 5.69 Å². The molecule has 1 aromatic rings. The number of benzene rings is 1. The molecule has 0 saturated carbocycles. The number of allylic oxidation sites excluding steroid dienone is 1. The first-order valence-corrected chi connectivity index (χ1v) is 3.14.